The maximum absolute atomic E-state index is 3.87. The molecular formula is C48H38P2S2Sn. The molecule has 0 radical (unpaired) electrons. The molecule has 0 amide bonds. The molecule has 8 aromatic carbocycles. The van der Waals surface area contributed by atoms with Crippen molar-refractivity contribution in [3.05, 3.63) is 231 Å². The van der Waals surface area contributed by atoms with Gasteiger partial charge in [-0.3, -0.25) is 0 Å². The quantitative estimate of drug-likeness (QED) is 0.0888. The van der Waals surface area contributed by atoms with Gasteiger partial charge in [0.25, 0.3) is 0 Å². The van der Waals surface area contributed by atoms with Crippen LogP contribution in [0.5, 0.6) is 0 Å². The van der Waals surface area contributed by atoms with Crippen LogP contribution >= 0.6 is 33.7 Å². The topological polar surface area (TPSA) is 0 Å². The Morgan fingerprint density at radius 3 is 0.811 bits per heavy atom. The van der Waals surface area contributed by atoms with E-state index in [2.05, 4.69) is 248 Å². The van der Waals surface area contributed by atoms with Crippen LogP contribution in [0.2, 0.25) is 0 Å². The number of rotatable bonds is 12. The summed E-state index contributed by atoms with van der Waals surface area (Å²) >= 11 is -3.87. The second-order valence-corrected chi connectivity index (χ2v) is 38.4. The Kier molecular flexibility index (Phi) is 11.9. The van der Waals surface area contributed by atoms with Crippen LogP contribution < -0.4 is 39.0 Å². The minimum absolute atomic E-state index is 0.787. The second kappa shape index (κ2) is 17.5. The van der Waals surface area contributed by atoms with E-state index in [0.717, 1.165) is 0 Å². The SMILES string of the molecule is c1ccc(P(c2ccccc2)c2ccccc2[S][Sn]([S]c2ccccc2P(c2ccccc2)c2ccccc2)([c]2ccccc2)[c]2ccccc2)cc1. The van der Waals surface area contributed by atoms with E-state index in [1.54, 1.807) is 0 Å². The van der Waals surface area contributed by atoms with E-state index in [-0.39, 0.29) is 0 Å². The summed E-state index contributed by atoms with van der Waals surface area (Å²) in [5, 5.41) is 8.32. The molecule has 0 aliphatic heterocycles. The van der Waals surface area contributed by atoms with E-state index in [1.165, 1.54) is 48.8 Å². The first-order valence-corrected chi connectivity index (χ1v) is 31.9. The first kappa shape index (κ1) is 36.1. The van der Waals surface area contributed by atoms with Gasteiger partial charge in [-0.25, -0.2) is 0 Å². The first-order valence-electron chi connectivity index (χ1n) is 17.8. The van der Waals surface area contributed by atoms with Gasteiger partial charge in [-0.2, -0.15) is 0 Å². The number of hydrogen-bond donors (Lipinski definition) is 0. The summed E-state index contributed by atoms with van der Waals surface area (Å²) in [5.41, 5.74) is 0. The molecule has 0 aliphatic rings. The van der Waals surface area contributed by atoms with E-state index >= 15 is 0 Å². The van der Waals surface area contributed by atoms with Gasteiger partial charge in [-0.1, -0.05) is 0 Å². The molecule has 8 rings (SSSR count). The Hall–Kier alpha value is -3.88. The van der Waals surface area contributed by atoms with Crippen LogP contribution in [0.4, 0.5) is 0 Å². The Balaban J connectivity index is 1.34. The Bertz CT molecular complexity index is 2100. The molecule has 0 heterocycles. The van der Waals surface area contributed by atoms with Crippen LogP contribution in [-0.4, -0.2) is 15.6 Å². The summed E-state index contributed by atoms with van der Waals surface area (Å²) in [6.45, 7) is 0. The van der Waals surface area contributed by atoms with Gasteiger partial charge in [0, 0.05) is 0 Å². The van der Waals surface area contributed by atoms with Crippen molar-refractivity contribution >= 4 is 88.3 Å². The van der Waals surface area contributed by atoms with E-state index in [4.69, 9.17) is 0 Å². The van der Waals surface area contributed by atoms with Crippen LogP contribution in [0, 0.1) is 0 Å². The molecule has 0 atom stereocenters. The molecule has 0 spiro atoms. The standard InChI is InChI=1S/2C18H15PS.2C6H5.Sn/c2*20-18-14-8-7-13-17(18)19(15-9-3-1-4-10-15)16-11-5-2-6-12-16;2*1-2-4-6-5-3-1;/h2*1-14,20H;2*1-5H;/q;;;;+2/p-2. The molecule has 8 aromatic rings. The van der Waals surface area contributed by atoms with Gasteiger partial charge in [0.05, 0.1) is 0 Å². The predicted molar refractivity (Wildman–Crippen MR) is 240 cm³/mol. The van der Waals surface area contributed by atoms with Crippen molar-refractivity contribution < 1.29 is 0 Å². The third-order valence-electron chi connectivity index (χ3n) is 9.08. The zero-order valence-corrected chi connectivity index (χ0v) is 35.4. The van der Waals surface area contributed by atoms with Gasteiger partial charge in [0.1, 0.15) is 0 Å². The molecule has 0 saturated heterocycles. The van der Waals surface area contributed by atoms with Crippen molar-refractivity contribution in [1.82, 2.24) is 0 Å². The number of benzene rings is 8. The summed E-state index contributed by atoms with van der Waals surface area (Å²) in [7, 11) is 2.81. The van der Waals surface area contributed by atoms with Crippen LogP contribution in [-0.2, 0) is 0 Å². The maximum atomic E-state index is 2.41. The van der Waals surface area contributed by atoms with Gasteiger partial charge in [0.15, 0.2) is 0 Å². The second-order valence-electron chi connectivity index (χ2n) is 12.5. The summed E-state index contributed by atoms with van der Waals surface area (Å²) in [6, 6.07) is 85.9. The normalized spacial score (nSPS) is 11.5. The third kappa shape index (κ3) is 8.14. The summed E-state index contributed by atoms with van der Waals surface area (Å²) in [6.07, 6.45) is 0. The monoisotopic (exact) mass is 860 g/mol. The molecule has 0 aliphatic carbocycles. The zero-order valence-electron chi connectivity index (χ0n) is 29.2. The van der Waals surface area contributed by atoms with E-state index in [1.807, 2.05) is 0 Å². The van der Waals surface area contributed by atoms with Crippen LogP contribution in [0.25, 0.3) is 0 Å². The summed E-state index contributed by atoms with van der Waals surface area (Å²) in [5.74, 6) is 0. The summed E-state index contributed by atoms with van der Waals surface area (Å²) < 4.78 is 2.94. The molecule has 0 fully saturated rings. The molecule has 0 aromatic heterocycles. The fourth-order valence-corrected chi connectivity index (χ4v) is 40.8. The van der Waals surface area contributed by atoms with Crippen LogP contribution in [0.15, 0.2) is 240 Å². The Labute approximate surface area is 326 Å². The van der Waals surface area contributed by atoms with Gasteiger partial charge in [-0.15, -0.1) is 0 Å². The molecule has 0 nitrogen and oxygen atoms in total. The van der Waals surface area contributed by atoms with E-state index < -0.39 is 31.5 Å². The van der Waals surface area contributed by atoms with Crippen molar-refractivity contribution in [2.45, 2.75) is 9.79 Å². The fraction of sp³-hybridized carbons (Fsp3) is 0. The van der Waals surface area contributed by atoms with Gasteiger partial charge in [-0.05, 0) is 0 Å². The van der Waals surface area contributed by atoms with Gasteiger partial charge >= 0.3 is 329 Å². The van der Waals surface area contributed by atoms with Gasteiger partial charge < -0.3 is 0 Å². The van der Waals surface area contributed by atoms with Gasteiger partial charge in [0.2, 0.25) is 0 Å². The molecule has 0 unspecified atom stereocenters. The van der Waals surface area contributed by atoms with Crippen molar-refractivity contribution in [2.24, 2.45) is 0 Å². The molecule has 5 heteroatoms. The predicted octanol–water partition coefficient (Wildman–Crippen LogP) is 9.34. The van der Waals surface area contributed by atoms with E-state index in [0.29, 0.717) is 0 Å². The zero-order chi connectivity index (χ0) is 35.7. The average molecular weight is 860 g/mol. The van der Waals surface area contributed by atoms with Crippen molar-refractivity contribution in [3.63, 3.8) is 0 Å². The first-order chi connectivity index (χ1) is 26.3. The molecule has 0 bridgehead atoms. The van der Waals surface area contributed by atoms with Crippen molar-refractivity contribution in [1.29, 1.82) is 0 Å². The summed E-state index contributed by atoms with van der Waals surface area (Å²) in [4.78, 5) is 2.77. The average Bonchev–Trinajstić information content (AvgIpc) is 3.24. The molecule has 0 saturated carbocycles. The third-order valence-corrected chi connectivity index (χ3v) is 40.7. The van der Waals surface area contributed by atoms with Crippen LogP contribution in [0.3, 0.4) is 0 Å². The Morgan fingerprint density at radius 1 is 0.264 bits per heavy atom. The number of hydrogen-bond acceptors (Lipinski definition) is 2. The fourth-order valence-electron chi connectivity index (χ4n) is 6.67. The Morgan fingerprint density at radius 2 is 0.509 bits per heavy atom. The molecule has 256 valence electrons. The molecule has 0 N–H and O–H groups in total. The van der Waals surface area contributed by atoms with Crippen LogP contribution in [0.1, 0.15) is 0 Å². The van der Waals surface area contributed by atoms with E-state index in [9.17, 15) is 0 Å². The van der Waals surface area contributed by atoms with Crippen molar-refractivity contribution in [3.8, 4) is 0 Å². The molecular weight excluding hydrogens is 821 g/mol. The van der Waals surface area contributed by atoms with Crippen molar-refractivity contribution in [2.75, 3.05) is 0 Å². The minimum atomic E-state index is -3.87. The molecule has 53 heavy (non-hydrogen) atoms.